The number of esters is 1. The summed E-state index contributed by atoms with van der Waals surface area (Å²) in [7, 11) is 1.34. The summed E-state index contributed by atoms with van der Waals surface area (Å²) in [5.41, 5.74) is 4.33. The third kappa shape index (κ3) is 3.80. The molecule has 0 radical (unpaired) electrons. The van der Waals surface area contributed by atoms with Crippen molar-refractivity contribution in [3.63, 3.8) is 0 Å². The van der Waals surface area contributed by atoms with Gasteiger partial charge < -0.3 is 4.74 Å². The maximum atomic E-state index is 12.0. The SMILES string of the molecule is COC(=O)c1ncc(C)cc1N=C(c1ccccc1)c1ccccc1. The lowest BCUT2D eigenvalue weighted by atomic mass is 10.0. The van der Waals surface area contributed by atoms with E-state index >= 15 is 0 Å². The Kier molecular flexibility index (Phi) is 5.00. The summed E-state index contributed by atoms with van der Waals surface area (Å²) >= 11 is 0. The number of benzene rings is 2. The molecular weight excluding hydrogens is 312 g/mol. The number of hydrogen-bond acceptors (Lipinski definition) is 4. The summed E-state index contributed by atoms with van der Waals surface area (Å²) in [6, 6.07) is 21.6. The first kappa shape index (κ1) is 16.6. The second-order valence-corrected chi connectivity index (χ2v) is 5.56. The number of aromatic nitrogens is 1. The van der Waals surface area contributed by atoms with Gasteiger partial charge in [-0.2, -0.15) is 0 Å². The molecule has 0 atom stereocenters. The number of rotatable bonds is 4. The number of hydrogen-bond donors (Lipinski definition) is 0. The fourth-order valence-corrected chi connectivity index (χ4v) is 2.50. The molecule has 0 aliphatic carbocycles. The van der Waals surface area contributed by atoms with Crippen molar-refractivity contribution < 1.29 is 9.53 Å². The molecule has 0 aliphatic heterocycles. The second kappa shape index (κ2) is 7.53. The average Bonchev–Trinajstić information content (AvgIpc) is 2.67. The van der Waals surface area contributed by atoms with Gasteiger partial charge in [-0.1, -0.05) is 60.7 Å². The summed E-state index contributed by atoms with van der Waals surface area (Å²) in [6.45, 7) is 1.91. The second-order valence-electron chi connectivity index (χ2n) is 5.56. The Bertz CT molecular complexity index is 862. The predicted molar refractivity (Wildman–Crippen MR) is 98.5 cm³/mol. The van der Waals surface area contributed by atoms with E-state index in [0.717, 1.165) is 22.4 Å². The van der Waals surface area contributed by atoms with Crippen LogP contribution in [0.3, 0.4) is 0 Å². The first-order valence-corrected chi connectivity index (χ1v) is 7.93. The van der Waals surface area contributed by atoms with Gasteiger partial charge in [0.25, 0.3) is 0 Å². The Hall–Kier alpha value is -3.27. The number of carbonyl (C=O) groups excluding carboxylic acids is 1. The van der Waals surface area contributed by atoms with E-state index in [1.54, 1.807) is 6.20 Å². The molecule has 4 heteroatoms. The first-order valence-electron chi connectivity index (χ1n) is 7.93. The van der Waals surface area contributed by atoms with Gasteiger partial charge in [0.2, 0.25) is 0 Å². The van der Waals surface area contributed by atoms with Gasteiger partial charge in [-0.3, -0.25) is 0 Å². The Labute approximate surface area is 146 Å². The molecule has 1 aromatic heterocycles. The molecule has 0 spiro atoms. The highest BCUT2D eigenvalue weighted by atomic mass is 16.5. The zero-order valence-electron chi connectivity index (χ0n) is 14.1. The van der Waals surface area contributed by atoms with Crippen molar-refractivity contribution in [2.75, 3.05) is 7.11 Å². The van der Waals surface area contributed by atoms with E-state index in [0.29, 0.717) is 5.69 Å². The van der Waals surface area contributed by atoms with Gasteiger partial charge in [-0.15, -0.1) is 0 Å². The quantitative estimate of drug-likeness (QED) is 0.528. The number of ether oxygens (including phenoxy) is 1. The van der Waals surface area contributed by atoms with E-state index in [-0.39, 0.29) is 5.69 Å². The van der Waals surface area contributed by atoms with Crippen LogP contribution in [0, 0.1) is 6.92 Å². The topological polar surface area (TPSA) is 51.5 Å². The largest absolute Gasteiger partial charge is 0.464 e. The van der Waals surface area contributed by atoms with Crippen LogP contribution in [0.15, 0.2) is 77.9 Å². The van der Waals surface area contributed by atoms with Crippen molar-refractivity contribution in [1.82, 2.24) is 4.98 Å². The Morgan fingerprint density at radius 3 is 2.04 bits per heavy atom. The molecule has 0 amide bonds. The molecule has 25 heavy (non-hydrogen) atoms. The molecule has 1 heterocycles. The van der Waals surface area contributed by atoms with Gasteiger partial charge in [-0.25, -0.2) is 14.8 Å². The molecule has 124 valence electrons. The maximum absolute atomic E-state index is 12.0. The zero-order valence-corrected chi connectivity index (χ0v) is 14.1. The maximum Gasteiger partial charge on any atom is 0.358 e. The first-order chi connectivity index (χ1) is 12.2. The van der Waals surface area contributed by atoms with Gasteiger partial charge in [0.05, 0.1) is 18.5 Å². The van der Waals surface area contributed by atoms with Crippen LogP contribution in [0.1, 0.15) is 27.2 Å². The van der Waals surface area contributed by atoms with Crippen molar-refractivity contribution in [3.05, 3.63) is 95.3 Å². The number of aliphatic imine (C=N–C) groups is 1. The summed E-state index contributed by atoms with van der Waals surface area (Å²) in [4.78, 5) is 21.0. The normalized spacial score (nSPS) is 10.2. The van der Waals surface area contributed by atoms with Gasteiger partial charge in [0.15, 0.2) is 5.69 Å². The van der Waals surface area contributed by atoms with E-state index < -0.39 is 5.97 Å². The van der Waals surface area contributed by atoms with Crippen LogP contribution >= 0.6 is 0 Å². The van der Waals surface area contributed by atoms with Crippen LogP contribution in [0.5, 0.6) is 0 Å². The fraction of sp³-hybridized carbons (Fsp3) is 0.0952. The predicted octanol–water partition coefficient (Wildman–Crippen LogP) is 4.35. The molecule has 0 saturated heterocycles. The van der Waals surface area contributed by atoms with Gasteiger partial charge >= 0.3 is 5.97 Å². The minimum atomic E-state index is -0.501. The van der Waals surface area contributed by atoms with Crippen molar-refractivity contribution in [2.24, 2.45) is 4.99 Å². The minimum Gasteiger partial charge on any atom is -0.464 e. The van der Waals surface area contributed by atoms with Gasteiger partial charge in [0.1, 0.15) is 0 Å². The van der Waals surface area contributed by atoms with E-state index in [9.17, 15) is 4.79 Å². The zero-order chi connectivity index (χ0) is 17.6. The monoisotopic (exact) mass is 330 g/mol. The van der Waals surface area contributed by atoms with Crippen LogP contribution < -0.4 is 0 Å². The molecule has 0 bridgehead atoms. The Morgan fingerprint density at radius 1 is 0.960 bits per heavy atom. The average molecular weight is 330 g/mol. The number of carbonyl (C=O) groups is 1. The van der Waals surface area contributed by atoms with E-state index in [1.807, 2.05) is 73.7 Å². The Morgan fingerprint density at radius 2 is 1.52 bits per heavy atom. The number of aryl methyl sites for hydroxylation is 1. The van der Waals surface area contributed by atoms with E-state index in [2.05, 4.69) is 4.98 Å². The smallest absolute Gasteiger partial charge is 0.358 e. The van der Waals surface area contributed by atoms with Gasteiger partial charge in [-0.05, 0) is 18.6 Å². The highest BCUT2D eigenvalue weighted by Gasteiger charge is 2.15. The standard InChI is InChI=1S/C21H18N2O2/c1-15-13-18(20(22-14-15)21(24)25-2)23-19(16-9-5-3-6-10-16)17-11-7-4-8-12-17/h3-14H,1-2H3. The lowest BCUT2D eigenvalue weighted by Crippen LogP contribution is -2.07. The molecule has 0 saturated carbocycles. The molecular formula is C21H18N2O2. The van der Waals surface area contributed by atoms with Gasteiger partial charge in [0, 0.05) is 17.3 Å². The number of methoxy groups -OCH3 is 1. The third-order valence-electron chi connectivity index (χ3n) is 3.71. The van der Waals surface area contributed by atoms with E-state index in [1.165, 1.54) is 7.11 Å². The number of nitrogens with zero attached hydrogens (tertiary/aromatic N) is 2. The summed E-state index contributed by atoms with van der Waals surface area (Å²) < 4.78 is 4.84. The third-order valence-corrected chi connectivity index (χ3v) is 3.71. The summed E-state index contributed by atoms with van der Waals surface area (Å²) in [5.74, 6) is -0.501. The fourth-order valence-electron chi connectivity index (χ4n) is 2.50. The molecule has 0 unspecified atom stereocenters. The lowest BCUT2D eigenvalue weighted by molar-refractivity contribution is 0.0595. The highest BCUT2D eigenvalue weighted by molar-refractivity contribution is 6.14. The summed E-state index contributed by atoms with van der Waals surface area (Å²) in [6.07, 6.45) is 1.63. The van der Waals surface area contributed by atoms with Crippen molar-refractivity contribution >= 4 is 17.4 Å². The molecule has 4 nitrogen and oxygen atoms in total. The molecule has 0 aliphatic rings. The van der Waals surface area contributed by atoms with Crippen LogP contribution in [-0.2, 0) is 4.74 Å². The molecule has 3 rings (SSSR count). The van der Waals surface area contributed by atoms with Crippen LogP contribution in [-0.4, -0.2) is 23.8 Å². The minimum absolute atomic E-state index is 0.206. The summed E-state index contributed by atoms with van der Waals surface area (Å²) in [5, 5.41) is 0. The molecule has 2 aromatic carbocycles. The molecule has 3 aromatic rings. The lowest BCUT2D eigenvalue weighted by Gasteiger charge is -2.10. The van der Waals surface area contributed by atoms with Crippen molar-refractivity contribution in [2.45, 2.75) is 6.92 Å². The Balaban J connectivity index is 2.21. The molecule has 0 N–H and O–H groups in total. The van der Waals surface area contributed by atoms with Crippen LogP contribution in [0.4, 0.5) is 5.69 Å². The van der Waals surface area contributed by atoms with Crippen molar-refractivity contribution in [3.8, 4) is 0 Å². The van der Waals surface area contributed by atoms with Crippen molar-refractivity contribution in [1.29, 1.82) is 0 Å². The number of pyridine rings is 1. The van der Waals surface area contributed by atoms with E-state index in [4.69, 9.17) is 9.73 Å². The van der Waals surface area contributed by atoms with Crippen LogP contribution in [0.25, 0.3) is 0 Å². The highest BCUT2D eigenvalue weighted by Crippen LogP contribution is 2.23. The molecule has 0 fully saturated rings. The van der Waals surface area contributed by atoms with Crippen LogP contribution in [0.2, 0.25) is 0 Å².